The number of carbonyl (C=O) groups is 2. The van der Waals surface area contributed by atoms with Gasteiger partial charge < -0.3 is 15.0 Å². The van der Waals surface area contributed by atoms with Crippen LogP contribution < -0.4 is 14.4 Å². The van der Waals surface area contributed by atoms with Gasteiger partial charge >= 0.3 is 0 Å². The van der Waals surface area contributed by atoms with Crippen LogP contribution in [0.25, 0.3) is 0 Å². The lowest BCUT2D eigenvalue weighted by molar-refractivity contribution is -0.140. The Labute approximate surface area is 280 Å². The number of amides is 2. The van der Waals surface area contributed by atoms with Crippen LogP contribution in [0.5, 0.6) is 5.75 Å². The van der Waals surface area contributed by atoms with E-state index in [2.05, 4.69) is 21.2 Å². The van der Waals surface area contributed by atoms with Crippen molar-refractivity contribution in [1.82, 2.24) is 10.2 Å². The molecule has 1 N–H and O–H groups in total. The standard InChI is InChI=1S/C36H40BrN3O5S/c1-4-45-32-21-19-31(20-22-32)40(46(43,44)33-13-9-6-10-14-33)26-35(41)39(25-29-15-17-30(37)18-16-29)34(36(42)38-24-27(2)3)23-28-11-7-5-8-12-28/h5-22,27,34H,4,23-26H2,1-3H3,(H,38,42). The molecule has 1 unspecified atom stereocenters. The molecule has 0 aliphatic rings. The molecular weight excluding hydrogens is 666 g/mol. The predicted molar refractivity (Wildman–Crippen MR) is 185 cm³/mol. The first-order valence-corrected chi connectivity index (χ1v) is 17.5. The van der Waals surface area contributed by atoms with E-state index < -0.39 is 28.5 Å². The first kappa shape index (κ1) is 34.7. The lowest BCUT2D eigenvalue weighted by Gasteiger charge is -2.34. The third kappa shape index (κ3) is 9.43. The van der Waals surface area contributed by atoms with Gasteiger partial charge in [0.1, 0.15) is 18.3 Å². The van der Waals surface area contributed by atoms with Gasteiger partial charge in [-0.1, -0.05) is 90.4 Å². The molecule has 242 valence electrons. The van der Waals surface area contributed by atoms with Gasteiger partial charge in [0, 0.05) is 24.0 Å². The number of benzene rings is 4. The summed E-state index contributed by atoms with van der Waals surface area (Å²) in [5, 5.41) is 3.01. The Bertz CT molecular complexity index is 1670. The highest BCUT2D eigenvalue weighted by Crippen LogP contribution is 2.27. The Morgan fingerprint density at radius 1 is 0.826 bits per heavy atom. The van der Waals surface area contributed by atoms with E-state index in [0.29, 0.717) is 24.6 Å². The average molecular weight is 707 g/mol. The summed E-state index contributed by atoms with van der Waals surface area (Å²) in [5.74, 6) is -0.0437. The molecule has 0 spiro atoms. The zero-order valence-corrected chi connectivity index (χ0v) is 28.7. The summed E-state index contributed by atoms with van der Waals surface area (Å²) in [5.41, 5.74) is 1.97. The van der Waals surface area contributed by atoms with Crippen molar-refractivity contribution in [2.24, 2.45) is 5.92 Å². The summed E-state index contributed by atoms with van der Waals surface area (Å²) >= 11 is 3.46. The second kappa shape index (κ2) is 16.4. The number of rotatable bonds is 15. The van der Waals surface area contributed by atoms with Gasteiger partial charge in [-0.05, 0) is 72.5 Å². The fourth-order valence-electron chi connectivity index (χ4n) is 4.89. The second-order valence-corrected chi connectivity index (χ2v) is 14.0. The van der Waals surface area contributed by atoms with Crippen molar-refractivity contribution in [3.63, 3.8) is 0 Å². The topological polar surface area (TPSA) is 96.0 Å². The quantitative estimate of drug-likeness (QED) is 0.153. The first-order chi connectivity index (χ1) is 22.1. The molecule has 46 heavy (non-hydrogen) atoms. The Balaban J connectivity index is 1.78. The molecule has 0 bridgehead atoms. The first-order valence-electron chi connectivity index (χ1n) is 15.2. The van der Waals surface area contributed by atoms with Crippen molar-refractivity contribution in [3.8, 4) is 5.75 Å². The molecule has 8 nitrogen and oxygen atoms in total. The number of ether oxygens (including phenoxy) is 1. The Kier molecular flexibility index (Phi) is 12.4. The molecule has 0 fully saturated rings. The number of carbonyl (C=O) groups excluding carboxylic acids is 2. The number of sulfonamides is 1. The molecule has 0 radical (unpaired) electrons. The van der Waals surface area contributed by atoms with E-state index in [1.165, 1.54) is 17.0 Å². The molecule has 4 rings (SSSR count). The fraction of sp³-hybridized carbons (Fsp3) is 0.278. The monoisotopic (exact) mass is 705 g/mol. The number of nitrogens with zero attached hydrogens (tertiary/aromatic N) is 2. The summed E-state index contributed by atoms with van der Waals surface area (Å²) in [4.78, 5) is 29.9. The summed E-state index contributed by atoms with van der Waals surface area (Å²) in [6.07, 6.45) is 0.252. The number of hydrogen-bond donors (Lipinski definition) is 1. The summed E-state index contributed by atoms with van der Waals surface area (Å²) in [6, 6.07) is 30.7. The van der Waals surface area contributed by atoms with Crippen LogP contribution in [-0.4, -0.2) is 50.9 Å². The van der Waals surface area contributed by atoms with E-state index in [4.69, 9.17) is 4.74 Å². The maximum atomic E-state index is 14.5. The molecule has 0 saturated carbocycles. The molecule has 0 aliphatic heterocycles. The van der Waals surface area contributed by atoms with Crippen molar-refractivity contribution in [3.05, 3.63) is 125 Å². The number of hydrogen-bond acceptors (Lipinski definition) is 5. The molecule has 4 aromatic carbocycles. The van der Waals surface area contributed by atoms with Crippen LogP contribution in [0.1, 0.15) is 31.9 Å². The van der Waals surface area contributed by atoms with Crippen LogP contribution in [-0.2, 0) is 32.6 Å². The molecule has 4 aromatic rings. The van der Waals surface area contributed by atoms with Crippen molar-refractivity contribution >= 4 is 43.5 Å². The smallest absolute Gasteiger partial charge is 0.264 e. The highest BCUT2D eigenvalue weighted by atomic mass is 79.9. The minimum atomic E-state index is -4.17. The highest BCUT2D eigenvalue weighted by Gasteiger charge is 2.34. The fourth-order valence-corrected chi connectivity index (χ4v) is 6.59. The van der Waals surface area contributed by atoms with Gasteiger partial charge in [-0.2, -0.15) is 0 Å². The third-order valence-corrected chi connectivity index (χ3v) is 9.58. The average Bonchev–Trinajstić information content (AvgIpc) is 3.06. The van der Waals surface area contributed by atoms with E-state index >= 15 is 0 Å². The van der Waals surface area contributed by atoms with Crippen molar-refractivity contribution < 1.29 is 22.7 Å². The van der Waals surface area contributed by atoms with Gasteiger partial charge in [-0.25, -0.2) is 8.42 Å². The molecule has 0 saturated heterocycles. The summed E-state index contributed by atoms with van der Waals surface area (Å²) < 4.78 is 35.8. The number of halogens is 1. The van der Waals surface area contributed by atoms with Gasteiger partial charge in [0.15, 0.2) is 0 Å². The van der Waals surface area contributed by atoms with E-state index in [1.54, 1.807) is 42.5 Å². The predicted octanol–water partition coefficient (Wildman–Crippen LogP) is 6.46. The number of nitrogens with one attached hydrogen (secondary N) is 1. The van der Waals surface area contributed by atoms with E-state index in [0.717, 1.165) is 19.9 Å². The van der Waals surface area contributed by atoms with Crippen LogP contribution in [0.4, 0.5) is 5.69 Å². The molecule has 2 amide bonds. The molecule has 0 aliphatic carbocycles. The van der Waals surface area contributed by atoms with Gasteiger partial charge in [0.25, 0.3) is 10.0 Å². The molecule has 1 atom stereocenters. The van der Waals surface area contributed by atoms with Crippen molar-refractivity contribution in [2.45, 2.75) is 44.7 Å². The Morgan fingerprint density at radius 3 is 2.02 bits per heavy atom. The maximum absolute atomic E-state index is 14.5. The zero-order valence-electron chi connectivity index (χ0n) is 26.3. The second-order valence-electron chi connectivity index (χ2n) is 11.2. The van der Waals surface area contributed by atoms with Gasteiger partial charge in [0.2, 0.25) is 11.8 Å². The van der Waals surface area contributed by atoms with Gasteiger partial charge in [0.05, 0.1) is 17.2 Å². The highest BCUT2D eigenvalue weighted by molar-refractivity contribution is 9.10. The van der Waals surface area contributed by atoms with Crippen LogP contribution in [0, 0.1) is 5.92 Å². The molecule has 0 heterocycles. The Hall–Kier alpha value is -4.15. The molecule has 0 aromatic heterocycles. The lowest BCUT2D eigenvalue weighted by atomic mass is 10.0. The normalized spacial score (nSPS) is 11.9. The number of anilines is 1. The largest absolute Gasteiger partial charge is 0.494 e. The maximum Gasteiger partial charge on any atom is 0.264 e. The SMILES string of the molecule is CCOc1ccc(N(CC(=O)N(Cc2ccc(Br)cc2)C(Cc2ccccc2)C(=O)NCC(C)C)S(=O)(=O)c2ccccc2)cc1. The van der Waals surface area contributed by atoms with Crippen LogP contribution in [0.15, 0.2) is 119 Å². The van der Waals surface area contributed by atoms with Gasteiger partial charge in [-0.3, -0.25) is 13.9 Å². The van der Waals surface area contributed by atoms with E-state index in [1.807, 2.05) is 75.4 Å². The summed E-state index contributed by atoms with van der Waals surface area (Å²) in [7, 11) is -4.17. The van der Waals surface area contributed by atoms with Crippen LogP contribution >= 0.6 is 15.9 Å². The summed E-state index contributed by atoms with van der Waals surface area (Å²) in [6.45, 7) is 6.33. The lowest BCUT2D eigenvalue weighted by Crippen LogP contribution is -2.53. The van der Waals surface area contributed by atoms with E-state index in [9.17, 15) is 18.0 Å². The third-order valence-electron chi connectivity index (χ3n) is 7.27. The zero-order chi connectivity index (χ0) is 33.1. The van der Waals surface area contributed by atoms with Crippen LogP contribution in [0.2, 0.25) is 0 Å². The Morgan fingerprint density at radius 2 is 1.43 bits per heavy atom. The molecule has 10 heteroatoms. The van der Waals surface area contributed by atoms with Crippen molar-refractivity contribution in [1.29, 1.82) is 0 Å². The van der Waals surface area contributed by atoms with E-state index in [-0.39, 0.29) is 29.7 Å². The molecular formula is C36H40BrN3O5S. The van der Waals surface area contributed by atoms with Crippen molar-refractivity contribution in [2.75, 3.05) is 24.0 Å². The van der Waals surface area contributed by atoms with Gasteiger partial charge in [-0.15, -0.1) is 0 Å². The minimum Gasteiger partial charge on any atom is -0.494 e. The minimum absolute atomic E-state index is 0.0478. The van der Waals surface area contributed by atoms with Crippen LogP contribution in [0.3, 0.4) is 0 Å².